The number of hydrogen-bond acceptors (Lipinski definition) is 5. The summed E-state index contributed by atoms with van der Waals surface area (Å²) in [4.78, 5) is 41.1. The summed E-state index contributed by atoms with van der Waals surface area (Å²) in [5.41, 5.74) is 0.621. The van der Waals surface area contributed by atoms with Crippen LogP contribution in [0.4, 0.5) is 0 Å². The maximum Gasteiger partial charge on any atom is 0.261 e. The van der Waals surface area contributed by atoms with Gasteiger partial charge in [0.1, 0.15) is 5.56 Å². The molecule has 0 unspecified atom stereocenters. The van der Waals surface area contributed by atoms with E-state index in [9.17, 15) is 14.4 Å². The molecule has 7 nitrogen and oxygen atoms in total. The van der Waals surface area contributed by atoms with Gasteiger partial charge in [0.15, 0.2) is 5.78 Å². The Morgan fingerprint density at radius 3 is 2.43 bits per heavy atom. The zero-order valence-electron chi connectivity index (χ0n) is 13.5. The summed E-state index contributed by atoms with van der Waals surface area (Å²) in [5.74, 6) is -0.446. The first kappa shape index (κ1) is 17.4. The molecule has 23 heavy (non-hydrogen) atoms. The van der Waals surface area contributed by atoms with Gasteiger partial charge in [0.25, 0.3) is 11.5 Å². The molecule has 0 bridgehead atoms. The van der Waals surface area contributed by atoms with Crippen molar-refractivity contribution in [2.75, 3.05) is 40.5 Å². The van der Waals surface area contributed by atoms with E-state index in [1.165, 1.54) is 11.0 Å². The molecular weight excluding hydrogens is 300 g/mol. The zero-order valence-corrected chi connectivity index (χ0v) is 13.5. The van der Waals surface area contributed by atoms with Crippen molar-refractivity contribution in [1.82, 2.24) is 9.88 Å². The van der Waals surface area contributed by atoms with Crippen molar-refractivity contribution in [3.8, 4) is 0 Å². The second kappa shape index (κ2) is 8.03. The third-order valence-corrected chi connectivity index (χ3v) is 3.90. The van der Waals surface area contributed by atoms with Gasteiger partial charge in [-0.3, -0.25) is 14.4 Å². The number of amides is 1. The lowest BCUT2D eigenvalue weighted by Gasteiger charge is -2.22. The second-order valence-corrected chi connectivity index (χ2v) is 5.46. The second-order valence-electron chi connectivity index (χ2n) is 5.46. The molecule has 7 heteroatoms. The molecule has 0 fully saturated rings. The highest BCUT2D eigenvalue weighted by Gasteiger charge is 2.24. The Bertz CT molecular complexity index is 630. The van der Waals surface area contributed by atoms with Crippen LogP contribution in [0.5, 0.6) is 0 Å². The molecule has 0 aromatic carbocycles. The topological polar surface area (TPSA) is 88.7 Å². The molecule has 2 rings (SSSR count). The third kappa shape index (κ3) is 4.05. The quantitative estimate of drug-likeness (QED) is 0.795. The maximum atomic E-state index is 12.7. The monoisotopic (exact) mass is 322 g/mol. The Morgan fingerprint density at radius 1 is 1.17 bits per heavy atom. The first-order valence-electron chi connectivity index (χ1n) is 7.65. The Kier molecular flexibility index (Phi) is 6.06. The molecule has 1 aromatic rings. The van der Waals surface area contributed by atoms with Crippen LogP contribution < -0.4 is 5.56 Å². The van der Waals surface area contributed by atoms with Crippen LogP contribution in [-0.2, 0) is 15.9 Å². The fraction of sp³-hybridized carbons (Fsp3) is 0.562. The normalized spacial score (nSPS) is 13.7. The lowest BCUT2D eigenvalue weighted by Crippen LogP contribution is -2.39. The molecular formula is C16H22N2O5. The van der Waals surface area contributed by atoms with Gasteiger partial charge in [0.05, 0.1) is 13.2 Å². The first-order chi connectivity index (χ1) is 11.1. The van der Waals surface area contributed by atoms with Crippen LogP contribution in [0.15, 0.2) is 10.9 Å². The minimum atomic E-state index is -0.455. The number of H-pyrrole nitrogens is 1. The molecule has 1 heterocycles. The van der Waals surface area contributed by atoms with E-state index < -0.39 is 11.5 Å². The highest BCUT2D eigenvalue weighted by molar-refractivity contribution is 6.01. The average Bonchev–Trinajstić information content (AvgIpc) is 2.54. The van der Waals surface area contributed by atoms with Gasteiger partial charge in [0, 0.05) is 45.0 Å². The molecule has 0 spiro atoms. The number of ketones is 1. The van der Waals surface area contributed by atoms with Gasteiger partial charge in [-0.1, -0.05) is 0 Å². The van der Waals surface area contributed by atoms with Crippen LogP contribution >= 0.6 is 0 Å². The SMILES string of the molecule is COCCN(CCOC)C(=O)c1cc2c([nH]c1=O)CCCC2=O. The number of carbonyl (C=O) groups excluding carboxylic acids is 2. The highest BCUT2D eigenvalue weighted by Crippen LogP contribution is 2.19. The van der Waals surface area contributed by atoms with Gasteiger partial charge in [0.2, 0.25) is 0 Å². The molecule has 0 saturated heterocycles. The highest BCUT2D eigenvalue weighted by atomic mass is 16.5. The van der Waals surface area contributed by atoms with Crippen LogP contribution in [0.1, 0.15) is 39.3 Å². The van der Waals surface area contributed by atoms with Crippen molar-refractivity contribution in [2.24, 2.45) is 0 Å². The van der Waals surface area contributed by atoms with E-state index in [1.54, 1.807) is 14.2 Å². The smallest absolute Gasteiger partial charge is 0.261 e. The van der Waals surface area contributed by atoms with Crippen LogP contribution in [0.25, 0.3) is 0 Å². The Balaban J connectivity index is 2.30. The number of Topliss-reactive ketones (excluding diaryl/α,β-unsaturated/α-hetero) is 1. The molecule has 1 aliphatic rings. The summed E-state index contributed by atoms with van der Waals surface area (Å²) < 4.78 is 10.0. The van der Waals surface area contributed by atoms with E-state index >= 15 is 0 Å². The summed E-state index contributed by atoms with van der Waals surface area (Å²) in [6.45, 7) is 1.42. The summed E-state index contributed by atoms with van der Waals surface area (Å²) >= 11 is 0. The van der Waals surface area contributed by atoms with Crippen molar-refractivity contribution in [2.45, 2.75) is 19.3 Å². The number of pyridine rings is 1. The number of aryl methyl sites for hydroxylation is 1. The number of rotatable bonds is 7. The number of ether oxygens (including phenoxy) is 2. The van der Waals surface area contributed by atoms with Crippen molar-refractivity contribution in [3.05, 3.63) is 33.2 Å². The van der Waals surface area contributed by atoms with Crippen LogP contribution in [0.3, 0.4) is 0 Å². The standard InChI is InChI=1S/C16H22N2O5/c1-22-8-6-18(7-9-23-2)16(21)12-10-11-13(17-15(12)20)4-3-5-14(11)19/h10H,3-9H2,1-2H3,(H,17,20). The zero-order chi connectivity index (χ0) is 16.8. The summed E-state index contributed by atoms with van der Waals surface area (Å²) in [7, 11) is 3.09. The number of aromatic nitrogens is 1. The maximum absolute atomic E-state index is 12.7. The van der Waals surface area contributed by atoms with Gasteiger partial charge in [-0.2, -0.15) is 0 Å². The van der Waals surface area contributed by atoms with Gasteiger partial charge in [-0.25, -0.2) is 0 Å². The van der Waals surface area contributed by atoms with Crippen LogP contribution in [0, 0.1) is 0 Å². The van der Waals surface area contributed by atoms with Gasteiger partial charge in [-0.05, 0) is 18.9 Å². The lowest BCUT2D eigenvalue weighted by atomic mass is 9.93. The van der Waals surface area contributed by atoms with Gasteiger partial charge in [-0.15, -0.1) is 0 Å². The number of carbonyl (C=O) groups is 2. The fourth-order valence-corrected chi connectivity index (χ4v) is 2.62. The molecule has 0 atom stereocenters. The van der Waals surface area contributed by atoms with Crippen molar-refractivity contribution in [3.63, 3.8) is 0 Å². The summed E-state index contributed by atoms with van der Waals surface area (Å²) in [6.07, 6.45) is 1.83. The number of methoxy groups -OCH3 is 2. The van der Waals surface area contributed by atoms with E-state index in [0.29, 0.717) is 50.4 Å². The molecule has 0 aliphatic heterocycles. The van der Waals surface area contributed by atoms with Crippen molar-refractivity contribution in [1.29, 1.82) is 0 Å². The molecule has 0 saturated carbocycles. The summed E-state index contributed by atoms with van der Waals surface area (Å²) in [5, 5.41) is 0. The average molecular weight is 322 g/mol. The van der Waals surface area contributed by atoms with E-state index in [2.05, 4.69) is 4.98 Å². The molecule has 0 radical (unpaired) electrons. The molecule has 1 aliphatic carbocycles. The number of nitrogens with zero attached hydrogens (tertiary/aromatic N) is 1. The van der Waals surface area contributed by atoms with Crippen molar-refractivity contribution < 1.29 is 19.1 Å². The summed E-state index contributed by atoms with van der Waals surface area (Å²) in [6, 6.07) is 1.44. The number of fused-ring (bicyclic) bond motifs is 1. The number of nitrogens with one attached hydrogen (secondary N) is 1. The minimum absolute atomic E-state index is 0.00814. The van der Waals surface area contributed by atoms with Crippen molar-refractivity contribution >= 4 is 11.7 Å². The minimum Gasteiger partial charge on any atom is -0.383 e. The lowest BCUT2D eigenvalue weighted by molar-refractivity contribution is 0.0625. The van der Waals surface area contributed by atoms with Gasteiger partial charge >= 0.3 is 0 Å². The van der Waals surface area contributed by atoms with Crippen LogP contribution in [0.2, 0.25) is 0 Å². The molecule has 126 valence electrons. The molecule has 1 amide bonds. The molecule has 1 N–H and O–H groups in total. The van der Waals surface area contributed by atoms with Gasteiger partial charge < -0.3 is 19.4 Å². The van der Waals surface area contributed by atoms with E-state index in [-0.39, 0.29) is 11.3 Å². The Labute approximate surface area is 134 Å². The Hall–Kier alpha value is -1.99. The number of hydrogen-bond donors (Lipinski definition) is 1. The third-order valence-electron chi connectivity index (χ3n) is 3.90. The first-order valence-corrected chi connectivity index (χ1v) is 7.65. The van der Waals surface area contributed by atoms with Crippen LogP contribution in [-0.4, -0.2) is 62.1 Å². The van der Waals surface area contributed by atoms with E-state index in [1.807, 2.05) is 0 Å². The largest absolute Gasteiger partial charge is 0.383 e. The Morgan fingerprint density at radius 2 is 1.83 bits per heavy atom. The van der Waals surface area contributed by atoms with E-state index in [4.69, 9.17) is 9.47 Å². The fourth-order valence-electron chi connectivity index (χ4n) is 2.62. The van der Waals surface area contributed by atoms with E-state index in [0.717, 1.165) is 6.42 Å². The predicted octanol–water partition coefficient (Wildman–Crippen LogP) is 0.629. The predicted molar refractivity (Wildman–Crippen MR) is 84.0 cm³/mol. The number of aromatic amines is 1. The molecule has 1 aromatic heterocycles.